The number of nitrogens with zero attached hydrogens (tertiary/aromatic N) is 1. The number of hydrogen-bond acceptors (Lipinski definition) is 2. The summed E-state index contributed by atoms with van der Waals surface area (Å²) >= 11 is 8.02. The Morgan fingerprint density at radius 2 is 2.27 bits per heavy atom. The predicted octanol–water partition coefficient (Wildman–Crippen LogP) is 3.70. The van der Waals surface area contributed by atoms with Gasteiger partial charge in [0, 0.05) is 36.0 Å². The van der Waals surface area contributed by atoms with Gasteiger partial charge in [-0.3, -0.25) is 4.99 Å². The average molecular weight is 458 g/mol. The molecule has 0 radical (unpaired) electrons. The molecule has 1 aliphatic rings. The Morgan fingerprint density at radius 3 is 2.91 bits per heavy atom. The smallest absolute Gasteiger partial charge is 0.191 e. The average Bonchev–Trinajstić information content (AvgIpc) is 2.98. The lowest BCUT2D eigenvalue weighted by Gasteiger charge is -2.15. The maximum atomic E-state index is 13.6. The third-order valence-electron chi connectivity index (χ3n) is 3.47. The maximum Gasteiger partial charge on any atom is 0.191 e. The predicted molar refractivity (Wildman–Crippen MR) is 105 cm³/mol. The Hall–Kier alpha value is -0.210. The second-order valence-electron chi connectivity index (χ2n) is 4.97. The molecular weight excluding hydrogens is 436 g/mol. The molecule has 0 amide bonds. The Morgan fingerprint density at radius 1 is 1.45 bits per heavy atom. The summed E-state index contributed by atoms with van der Waals surface area (Å²) in [7, 11) is 1.74. The molecule has 0 spiro atoms. The van der Waals surface area contributed by atoms with Gasteiger partial charge in [-0.25, -0.2) is 4.39 Å². The number of benzene rings is 1. The number of aliphatic imine (C=N–C) groups is 1. The fourth-order valence-corrected chi connectivity index (χ4v) is 3.77. The molecule has 1 aliphatic heterocycles. The minimum atomic E-state index is -0.255. The standard InChI is InChI=1S/C15H21ClFN3S.HI/c1-18-15(20-10-11-4-3-9-21-11)19-8-7-12-13(16)5-2-6-14(12)17;/h2,5-6,11H,3-4,7-10H2,1H3,(H2,18,19,20);1H. The van der Waals surface area contributed by atoms with Crippen LogP contribution in [0.15, 0.2) is 23.2 Å². The van der Waals surface area contributed by atoms with E-state index in [1.54, 1.807) is 19.2 Å². The van der Waals surface area contributed by atoms with Crippen LogP contribution in [0.2, 0.25) is 5.02 Å². The van der Waals surface area contributed by atoms with E-state index >= 15 is 0 Å². The van der Waals surface area contributed by atoms with Gasteiger partial charge in [-0.2, -0.15) is 11.8 Å². The van der Waals surface area contributed by atoms with Gasteiger partial charge >= 0.3 is 0 Å². The lowest BCUT2D eigenvalue weighted by Crippen LogP contribution is -2.41. The van der Waals surface area contributed by atoms with Crippen molar-refractivity contribution < 1.29 is 4.39 Å². The fourth-order valence-electron chi connectivity index (χ4n) is 2.31. The molecule has 0 saturated carbocycles. The van der Waals surface area contributed by atoms with Crippen LogP contribution in [0.1, 0.15) is 18.4 Å². The van der Waals surface area contributed by atoms with E-state index in [9.17, 15) is 4.39 Å². The number of hydrogen-bond donors (Lipinski definition) is 2. The van der Waals surface area contributed by atoms with Crippen molar-refractivity contribution in [1.82, 2.24) is 10.6 Å². The quantitative estimate of drug-likeness (QED) is 0.402. The monoisotopic (exact) mass is 457 g/mol. The summed E-state index contributed by atoms with van der Waals surface area (Å²) in [6, 6.07) is 4.77. The van der Waals surface area contributed by atoms with Crippen LogP contribution >= 0.6 is 47.3 Å². The second-order valence-corrected chi connectivity index (χ2v) is 6.78. The Labute approximate surface area is 157 Å². The molecule has 3 nitrogen and oxygen atoms in total. The molecular formula is C15H22ClFIN3S. The van der Waals surface area contributed by atoms with Crippen LogP contribution in [0.4, 0.5) is 4.39 Å². The lowest BCUT2D eigenvalue weighted by atomic mass is 10.1. The summed E-state index contributed by atoms with van der Waals surface area (Å²) < 4.78 is 13.6. The van der Waals surface area contributed by atoms with E-state index in [4.69, 9.17) is 11.6 Å². The molecule has 1 unspecified atom stereocenters. The maximum absolute atomic E-state index is 13.6. The summed E-state index contributed by atoms with van der Waals surface area (Å²) in [5.41, 5.74) is 0.550. The Kier molecular flexibility index (Phi) is 9.51. The third-order valence-corrected chi connectivity index (χ3v) is 5.23. The number of rotatable bonds is 5. The third kappa shape index (κ3) is 6.12. The first-order valence-electron chi connectivity index (χ1n) is 7.19. The van der Waals surface area contributed by atoms with Crippen molar-refractivity contribution in [3.63, 3.8) is 0 Å². The zero-order valence-electron chi connectivity index (χ0n) is 12.6. The molecule has 0 aromatic heterocycles. The highest BCUT2D eigenvalue weighted by Gasteiger charge is 2.15. The summed E-state index contributed by atoms with van der Waals surface area (Å²) in [4.78, 5) is 4.18. The first-order valence-corrected chi connectivity index (χ1v) is 8.62. The molecule has 1 saturated heterocycles. The Balaban J connectivity index is 0.00000242. The van der Waals surface area contributed by atoms with Crippen LogP contribution in [0.3, 0.4) is 0 Å². The second kappa shape index (κ2) is 10.5. The SMILES string of the molecule is CN=C(NCCc1c(F)cccc1Cl)NCC1CCCS1.I. The number of halogens is 3. The first kappa shape index (κ1) is 19.8. The molecule has 7 heteroatoms. The highest BCUT2D eigenvalue weighted by Crippen LogP contribution is 2.25. The largest absolute Gasteiger partial charge is 0.356 e. The van der Waals surface area contributed by atoms with Crippen molar-refractivity contribution >= 4 is 53.3 Å². The highest BCUT2D eigenvalue weighted by molar-refractivity contribution is 14.0. The molecule has 2 N–H and O–H groups in total. The van der Waals surface area contributed by atoms with Gasteiger partial charge in [0.1, 0.15) is 5.82 Å². The van der Waals surface area contributed by atoms with Crippen molar-refractivity contribution in [2.45, 2.75) is 24.5 Å². The molecule has 1 aromatic rings. The number of thioether (sulfide) groups is 1. The molecule has 124 valence electrons. The minimum Gasteiger partial charge on any atom is -0.356 e. The first-order chi connectivity index (χ1) is 10.2. The van der Waals surface area contributed by atoms with Crippen molar-refractivity contribution in [2.75, 3.05) is 25.9 Å². The van der Waals surface area contributed by atoms with Gasteiger partial charge in [-0.15, -0.1) is 24.0 Å². The van der Waals surface area contributed by atoms with Crippen LogP contribution in [-0.2, 0) is 6.42 Å². The van der Waals surface area contributed by atoms with E-state index < -0.39 is 0 Å². The minimum absolute atomic E-state index is 0. The van der Waals surface area contributed by atoms with Crippen molar-refractivity contribution in [3.05, 3.63) is 34.6 Å². The number of guanidine groups is 1. The molecule has 0 aliphatic carbocycles. The van der Waals surface area contributed by atoms with Crippen molar-refractivity contribution in [2.24, 2.45) is 4.99 Å². The van der Waals surface area contributed by atoms with Gasteiger partial charge in [0.2, 0.25) is 0 Å². The molecule has 1 aromatic carbocycles. The van der Waals surface area contributed by atoms with Crippen molar-refractivity contribution in [1.29, 1.82) is 0 Å². The summed E-state index contributed by atoms with van der Waals surface area (Å²) in [5.74, 6) is 1.76. The van der Waals surface area contributed by atoms with Crippen LogP contribution in [0.25, 0.3) is 0 Å². The molecule has 0 bridgehead atoms. The molecule has 2 rings (SSSR count). The summed E-state index contributed by atoms with van der Waals surface area (Å²) in [6.45, 7) is 1.52. The van der Waals surface area contributed by atoms with Crippen LogP contribution < -0.4 is 10.6 Å². The molecule has 1 atom stereocenters. The molecule has 22 heavy (non-hydrogen) atoms. The Bertz CT molecular complexity index is 475. The van der Waals surface area contributed by atoms with Gasteiger partial charge in [0.25, 0.3) is 0 Å². The van der Waals surface area contributed by atoms with E-state index in [1.165, 1.54) is 24.7 Å². The van der Waals surface area contributed by atoms with E-state index in [0.29, 0.717) is 28.8 Å². The zero-order valence-corrected chi connectivity index (χ0v) is 16.5. The van der Waals surface area contributed by atoms with Gasteiger partial charge in [0.15, 0.2) is 5.96 Å². The number of nitrogens with one attached hydrogen (secondary N) is 2. The van der Waals surface area contributed by atoms with Gasteiger partial charge < -0.3 is 10.6 Å². The topological polar surface area (TPSA) is 36.4 Å². The van der Waals surface area contributed by atoms with E-state index in [2.05, 4.69) is 15.6 Å². The highest BCUT2D eigenvalue weighted by atomic mass is 127. The normalized spacial score (nSPS) is 18.0. The van der Waals surface area contributed by atoms with E-state index in [-0.39, 0.29) is 29.8 Å². The lowest BCUT2D eigenvalue weighted by molar-refractivity contribution is 0.606. The molecule has 1 fully saturated rings. The van der Waals surface area contributed by atoms with Gasteiger partial charge in [-0.05, 0) is 37.1 Å². The van der Waals surface area contributed by atoms with E-state index in [1.807, 2.05) is 11.8 Å². The van der Waals surface area contributed by atoms with Crippen molar-refractivity contribution in [3.8, 4) is 0 Å². The van der Waals surface area contributed by atoms with Gasteiger partial charge in [-0.1, -0.05) is 17.7 Å². The van der Waals surface area contributed by atoms with Gasteiger partial charge in [0.05, 0.1) is 0 Å². The molecule has 1 heterocycles. The zero-order chi connectivity index (χ0) is 15.1. The van der Waals surface area contributed by atoms with Crippen LogP contribution in [0, 0.1) is 5.82 Å². The summed E-state index contributed by atoms with van der Waals surface area (Å²) in [6.07, 6.45) is 3.10. The summed E-state index contributed by atoms with van der Waals surface area (Å²) in [5, 5.41) is 7.66. The van der Waals surface area contributed by atoms with Crippen LogP contribution in [0.5, 0.6) is 0 Å². The van der Waals surface area contributed by atoms with Crippen LogP contribution in [-0.4, -0.2) is 37.1 Å². The fraction of sp³-hybridized carbons (Fsp3) is 0.533. The van der Waals surface area contributed by atoms with E-state index in [0.717, 1.165) is 12.5 Å².